The summed E-state index contributed by atoms with van der Waals surface area (Å²) in [6, 6.07) is 0.704. The molecule has 0 aromatic rings. The summed E-state index contributed by atoms with van der Waals surface area (Å²) < 4.78 is 5.20. The smallest absolute Gasteiger partial charge is 0.0586 e. The second-order valence-corrected chi connectivity index (χ2v) is 2.66. The zero-order valence-corrected chi connectivity index (χ0v) is 7.41. The Labute approximate surface area is 68.7 Å². The van der Waals surface area contributed by atoms with Gasteiger partial charge in [0, 0.05) is 13.2 Å². The van der Waals surface area contributed by atoms with Crippen molar-refractivity contribution in [2.75, 3.05) is 14.2 Å². The van der Waals surface area contributed by atoms with E-state index < -0.39 is 0 Å². The van der Waals surface area contributed by atoms with E-state index in [0.717, 1.165) is 0 Å². The Hall–Kier alpha value is 0.210. The standard InChI is InChI=1S/C7H15NO.ClH/c1-8-6-3-4-7(5-6)9-2;/h6-8H,3-5H2,1-2H3;1H. The molecular weight excluding hydrogens is 150 g/mol. The quantitative estimate of drug-likeness (QED) is 0.664. The molecule has 1 N–H and O–H groups in total. The lowest BCUT2D eigenvalue weighted by molar-refractivity contribution is 0.107. The molecule has 0 aromatic carbocycles. The minimum absolute atomic E-state index is 0. The van der Waals surface area contributed by atoms with E-state index in [-0.39, 0.29) is 12.4 Å². The van der Waals surface area contributed by atoms with E-state index >= 15 is 0 Å². The third-order valence-corrected chi connectivity index (χ3v) is 2.13. The van der Waals surface area contributed by atoms with Crippen molar-refractivity contribution < 1.29 is 4.74 Å². The van der Waals surface area contributed by atoms with Gasteiger partial charge in [-0.15, -0.1) is 12.4 Å². The van der Waals surface area contributed by atoms with Crippen molar-refractivity contribution >= 4 is 12.4 Å². The van der Waals surface area contributed by atoms with Gasteiger partial charge in [0.1, 0.15) is 0 Å². The van der Waals surface area contributed by atoms with Crippen molar-refractivity contribution in [3.05, 3.63) is 0 Å². The first-order valence-corrected chi connectivity index (χ1v) is 3.57. The Morgan fingerprint density at radius 1 is 1.40 bits per heavy atom. The van der Waals surface area contributed by atoms with Crippen molar-refractivity contribution in [1.82, 2.24) is 5.32 Å². The van der Waals surface area contributed by atoms with Crippen LogP contribution in [0.5, 0.6) is 0 Å². The van der Waals surface area contributed by atoms with Crippen LogP contribution in [0.2, 0.25) is 0 Å². The summed E-state index contributed by atoms with van der Waals surface area (Å²) in [6.45, 7) is 0. The van der Waals surface area contributed by atoms with E-state index in [4.69, 9.17) is 4.74 Å². The monoisotopic (exact) mass is 165 g/mol. The van der Waals surface area contributed by atoms with Gasteiger partial charge in [-0.3, -0.25) is 0 Å². The highest BCUT2D eigenvalue weighted by Gasteiger charge is 2.22. The van der Waals surface area contributed by atoms with Crippen LogP contribution in [-0.4, -0.2) is 26.3 Å². The second-order valence-electron chi connectivity index (χ2n) is 2.66. The molecule has 1 fully saturated rings. The van der Waals surface area contributed by atoms with Crippen LogP contribution < -0.4 is 5.32 Å². The van der Waals surface area contributed by atoms with Crippen LogP contribution in [0.4, 0.5) is 0 Å². The minimum Gasteiger partial charge on any atom is -0.381 e. The van der Waals surface area contributed by atoms with Crippen molar-refractivity contribution in [2.45, 2.75) is 31.4 Å². The molecule has 0 spiro atoms. The van der Waals surface area contributed by atoms with Gasteiger partial charge in [-0.2, -0.15) is 0 Å². The van der Waals surface area contributed by atoms with Crippen LogP contribution >= 0.6 is 12.4 Å². The van der Waals surface area contributed by atoms with Crippen LogP contribution in [0.1, 0.15) is 19.3 Å². The highest BCUT2D eigenvalue weighted by Crippen LogP contribution is 2.20. The third kappa shape index (κ3) is 2.45. The fraction of sp³-hybridized carbons (Fsp3) is 1.00. The maximum Gasteiger partial charge on any atom is 0.0586 e. The molecule has 0 amide bonds. The van der Waals surface area contributed by atoms with Gasteiger partial charge in [0.15, 0.2) is 0 Å². The Morgan fingerprint density at radius 3 is 2.40 bits per heavy atom. The molecule has 0 heterocycles. The lowest BCUT2D eigenvalue weighted by Crippen LogP contribution is -2.22. The predicted octanol–water partition coefficient (Wildman–Crippen LogP) is 1.20. The molecule has 0 bridgehead atoms. The number of rotatable bonds is 2. The maximum absolute atomic E-state index is 5.20. The SMILES string of the molecule is CNC1CCC(OC)C1.Cl. The highest BCUT2D eigenvalue weighted by molar-refractivity contribution is 5.85. The first kappa shape index (κ1) is 10.2. The number of methoxy groups -OCH3 is 1. The van der Waals surface area contributed by atoms with Gasteiger partial charge in [0.2, 0.25) is 0 Å². The Bertz CT molecular complexity index is 79.7. The Kier molecular flexibility index (Phi) is 5.04. The summed E-state index contributed by atoms with van der Waals surface area (Å²) in [5, 5.41) is 3.25. The van der Waals surface area contributed by atoms with Crippen LogP contribution in [0.15, 0.2) is 0 Å². The van der Waals surface area contributed by atoms with Crippen molar-refractivity contribution in [1.29, 1.82) is 0 Å². The topological polar surface area (TPSA) is 21.3 Å². The van der Waals surface area contributed by atoms with E-state index in [1.807, 2.05) is 7.05 Å². The molecule has 0 aliphatic heterocycles. The summed E-state index contributed by atoms with van der Waals surface area (Å²) in [7, 11) is 3.81. The molecule has 2 nitrogen and oxygen atoms in total. The molecule has 0 aromatic heterocycles. The zero-order valence-electron chi connectivity index (χ0n) is 6.59. The van der Waals surface area contributed by atoms with Crippen molar-refractivity contribution in [3.8, 4) is 0 Å². The van der Waals surface area contributed by atoms with Gasteiger partial charge in [0.05, 0.1) is 6.10 Å². The van der Waals surface area contributed by atoms with Crippen molar-refractivity contribution in [3.63, 3.8) is 0 Å². The van der Waals surface area contributed by atoms with Crippen molar-refractivity contribution in [2.24, 2.45) is 0 Å². The van der Waals surface area contributed by atoms with Gasteiger partial charge in [-0.05, 0) is 26.3 Å². The number of hydrogen-bond donors (Lipinski definition) is 1. The average Bonchev–Trinajstić information content (AvgIpc) is 2.34. The number of nitrogens with one attached hydrogen (secondary N) is 1. The van der Waals surface area contributed by atoms with Gasteiger partial charge >= 0.3 is 0 Å². The molecule has 2 unspecified atom stereocenters. The fourth-order valence-corrected chi connectivity index (χ4v) is 1.42. The number of hydrogen-bond acceptors (Lipinski definition) is 2. The van der Waals surface area contributed by atoms with Crippen LogP contribution in [0.3, 0.4) is 0 Å². The summed E-state index contributed by atoms with van der Waals surface area (Å²) in [5.74, 6) is 0. The molecule has 10 heavy (non-hydrogen) atoms. The molecule has 1 aliphatic carbocycles. The van der Waals surface area contributed by atoms with Crippen LogP contribution in [0, 0.1) is 0 Å². The van der Waals surface area contributed by atoms with Crippen LogP contribution in [0.25, 0.3) is 0 Å². The molecule has 3 heteroatoms. The molecule has 1 aliphatic rings. The molecular formula is C7H16ClNO. The highest BCUT2D eigenvalue weighted by atomic mass is 35.5. The largest absolute Gasteiger partial charge is 0.381 e. The maximum atomic E-state index is 5.20. The summed E-state index contributed by atoms with van der Waals surface area (Å²) in [6.07, 6.45) is 4.20. The number of halogens is 1. The first-order chi connectivity index (χ1) is 4.36. The van der Waals surface area contributed by atoms with E-state index in [1.54, 1.807) is 7.11 Å². The summed E-state index contributed by atoms with van der Waals surface area (Å²) in [5.41, 5.74) is 0. The van der Waals surface area contributed by atoms with E-state index in [0.29, 0.717) is 12.1 Å². The van der Waals surface area contributed by atoms with Crippen LogP contribution in [-0.2, 0) is 4.74 Å². The predicted molar refractivity (Wildman–Crippen MR) is 44.7 cm³/mol. The molecule has 62 valence electrons. The van der Waals surface area contributed by atoms with Gasteiger partial charge in [0.25, 0.3) is 0 Å². The second kappa shape index (κ2) is 4.94. The van der Waals surface area contributed by atoms with Gasteiger partial charge < -0.3 is 10.1 Å². The van der Waals surface area contributed by atoms with E-state index in [9.17, 15) is 0 Å². The summed E-state index contributed by atoms with van der Waals surface area (Å²) >= 11 is 0. The molecule has 0 radical (unpaired) electrons. The molecule has 0 saturated heterocycles. The lowest BCUT2D eigenvalue weighted by Gasteiger charge is -2.07. The fourth-order valence-electron chi connectivity index (χ4n) is 1.42. The Balaban J connectivity index is 0.000000810. The summed E-state index contributed by atoms with van der Waals surface area (Å²) in [4.78, 5) is 0. The molecule has 1 rings (SSSR count). The average molecular weight is 166 g/mol. The first-order valence-electron chi connectivity index (χ1n) is 3.57. The third-order valence-electron chi connectivity index (χ3n) is 2.13. The molecule has 2 atom stereocenters. The molecule has 1 saturated carbocycles. The van der Waals surface area contributed by atoms with Gasteiger partial charge in [-0.25, -0.2) is 0 Å². The number of ether oxygens (including phenoxy) is 1. The normalized spacial score (nSPS) is 31.8. The Morgan fingerprint density at radius 2 is 2.10 bits per heavy atom. The van der Waals surface area contributed by atoms with E-state index in [2.05, 4.69) is 5.32 Å². The van der Waals surface area contributed by atoms with E-state index in [1.165, 1.54) is 19.3 Å². The zero-order chi connectivity index (χ0) is 6.69. The minimum atomic E-state index is 0. The lowest BCUT2D eigenvalue weighted by atomic mass is 10.2. The van der Waals surface area contributed by atoms with Gasteiger partial charge in [-0.1, -0.05) is 0 Å².